The number of aliphatic hydroxyl groups excluding tert-OH is 1. The summed E-state index contributed by atoms with van der Waals surface area (Å²) in [6.45, 7) is 4.49. The number of hydrogen-bond donors (Lipinski definition) is 3. The molecule has 0 amide bonds. The van der Waals surface area contributed by atoms with Gasteiger partial charge in [0.25, 0.3) is 0 Å². The van der Waals surface area contributed by atoms with Gasteiger partial charge in [0.15, 0.2) is 0 Å². The molecule has 8 heteroatoms. The number of aliphatic hydroxyl groups is 1. The van der Waals surface area contributed by atoms with Crippen LogP contribution in [0.5, 0.6) is 0 Å². The van der Waals surface area contributed by atoms with Crippen LogP contribution in [0, 0.1) is 5.92 Å². The van der Waals surface area contributed by atoms with Crippen LogP contribution < -0.4 is 5.32 Å². The summed E-state index contributed by atoms with van der Waals surface area (Å²) in [5.74, 6) is -0.474. The van der Waals surface area contributed by atoms with Gasteiger partial charge in [-0.05, 0) is 85.5 Å². The second-order valence-electron chi connectivity index (χ2n) is 10.9. The average molecular weight is 537 g/mol. The molecule has 3 N–H and O–H groups in total. The van der Waals surface area contributed by atoms with Crippen LogP contribution in [0.2, 0.25) is 0 Å². The van der Waals surface area contributed by atoms with E-state index in [0.717, 1.165) is 19.3 Å². The van der Waals surface area contributed by atoms with Gasteiger partial charge >= 0.3 is 5.97 Å². The lowest BCUT2D eigenvalue weighted by Crippen LogP contribution is -2.47. The first-order chi connectivity index (χ1) is 17.9. The van der Waals surface area contributed by atoms with Crippen molar-refractivity contribution >= 4 is 16.0 Å². The molecular formula is C30H36N2O5S. The summed E-state index contributed by atoms with van der Waals surface area (Å²) in [7, 11) is -2.34. The van der Waals surface area contributed by atoms with Crippen molar-refractivity contribution in [3.8, 4) is 11.1 Å². The van der Waals surface area contributed by atoms with Gasteiger partial charge in [0, 0.05) is 25.7 Å². The second kappa shape index (κ2) is 11.4. The maximum Gasteiger partial charge on any atom is 0.335 e. The Hall–Kier alpha value is -3.04. The summed E-state index contributed by atoms with van der Waals surface area (Å²) < 4.78 is 27.4. The Morgan fingerprint density at radius 2 is 1.63 bits per heavy atom. The number of fused-ring (bicyclic) bond motifs is 1. The predicted octanol–water partition coefficient (Wildman–Crippen LogP) is 4.21. The smallest absolute Gasteiger partial charge is 0.335 e. The van der Waals surface area contributed by atoms with Gasteiger partial charge < -0.3 is 15.5 Å². The molecule has 38 heavy (non-hydrogen) atoms. The SMILES string of the molecule is CN(CC(O)CNC(C)(C)CC1Cc2ccccc2C1)S(=O)(=O)c1ccc(-c2cccc(C(=O)O)c2)cc1. The van der Waals surface area contributed by atoms with Crippen LogP contribution in [0.15, 0.2) is 77.7 Å². The number of nitrogens with zero attached hydrogens (tertiary/aromatic N) is 1. The Morgan fingerprint density at radius 3 is 2.24 bits per heavy atom. The number of benzene rings is 3. The lowest BCUT2D eigenvalue weighted by Gasteiger charge is -2.31. The van der Waals surface area contributed by atoms with Crippen LogP contribution in [0.3, 0.4) is 0 Å². The van der Waals surface area contributed by atoms with E-state index >= 15 is 0 Å². The maximum atomic E-state index is 13.1. The third-order valence-corrected chi connectivity index (χ3v) is 9.06. The summed E-state index contributed by atoms with van der Waals surface area (Å²) in [6, 6.07) is 21.4. The molecule has 0 spiro atoms. The number of likely N-dealkylation sites (N-methyl/N-ethyl adjacent to an activating group) is 1. The zero-order chi connectivity index (χ0) is 27.5. The number of β-amino-alcohol motifs (C(OH)–C–C–N with tert-alkyl or cyclic N) is 1. The summed E-state index contributed by atoms with van der Waals surface area (Å²) >= 11 is 0. The topological polar surface area (TPSA) is 107 Å². The van der Waals surface area contributed by atoms with E-state index < -0.39 is 22.1 Å². The van der Waals surface area contributed by atoms with Crippen molar-refractivity contribution in [2.45, 2.75) is 49.6 Å². The van der Waals surface area contributed by atoms with Crippen LogP contribution in [0.1, 0.15) is 41.8 Å². The highest BCUT2D eigenvalue weighted by Gasteiger charge is 2.29. The highest BCUT2D eigenvalue weighted by Crippen LogP contribution is 2.32. The largest absolute Gasteiger partial charge is 0.478 e. The standard InChI is InChI=1S/C30H36N2O5S/c1-30(2,18-21-15-23-7-4-5-8-24(23)16-21)31-19-27(33)20-32(3)38(36,37)28-13-11-22(12-14-28)25-9-6-10-26(17-25)29(34)35/h4-14,17,21,27,31,33H,15-16,18-20H2,1-3H3,(H,34,35). The fourth-order valence-electron chi connectivity index (χ4n) is 5.27. The molecule has 7 nitrogen and oxygen atoms in total. The van der Waals surface area contributed by atoms with E-state index in [4.69, 9.17) is 0 Å². The minimum absolute atomic E-state index is 0.0390. The fourth-order valence-corrected chi connectivity index (χ4v) is 6.48. The van der Waals surface area contributed by atoms with E-state index in [1.165, 1.54) is 40.7 Å². The lowest BCUT2D eigenvalue weighted by atomic mass is 9.88. The summed E-state index contributed by atoms with van der Waals surface area (Å²) in [5, 5.41) is 23.3. The summed E-state index contributed by atoms with van der Waals surface area (Å²) in [6.07, 6.45) is 2.22. The monoisotopic (exact) mass is 536 g/mol. The van der Waals surface area contributed by atoms with Gasteiger partial charge in [0.2, 0.25) is 10.0 Å². The lowest BCUT2D eigenvalue weighted by molar-refractivity contribution is 0.0697. The zero-order valence-electron chi connectivity index (χ0n) is 22.1. The van der Waals surface area contributed by atoms with Gasteiger partial charge in [0.05, 0.1) is 16.6 Å². The molecular weight excluding hydrogens is 500 g/mol. The molecule has 1 aliphatic carbocycles. The van der Waals surface area contributed by atoms with E-state index in [-0.39, 0.29) is 29.1 Å². The highest BCUT2D eigenvalue weighted by molar-refractivity contribution is 7.89. The predicted molar refractivity (Wildman–Crippen MR) is 149 cm³/mol. The van der Waals surface area contributed by atoms with Crippen molar-refractivity contribution in [3.63, 3.8) is 0 Å². The van der Waals surface area contributed by atoms with Crippen molar-refractivity contribution in [1.82, 2.24) is 9.62 Å². The maximum absolute atomic E-state index is 13.1. The third kappa shape index (κ3) is 6.69. The van der Waals surface area contributed by atoms with Gasteiger partial charge in [-0.25, -0.2) is 13.2 Å². The quantitative estimate of drug-likeness (QED) is 0.339. The summed E-state index contributed by atoms with van der Waals surface area (Å²) in [4.78, 5) is 11.4. The van der Waals surface area contributed by atoms with Crippen LogP contribution in [0.4, 0.5) is 0 Å². The molecule has 0 saturated carbocycles. The molecule has 1 aliphatic rings. The number of nitrogens with one attached hydrogen (secondary N) is 1. The Morgan fingerprint density at radius 1 is 1.00 bits per heavy atom. The molecule has 0 aromatic heterocycles. The molecule has 202 valence electrons. The van der Waals surface area contributed by atoms with E-state index in [9.17, 15) is 23.4 Å². The number of carboxylic acids is 1. The molecule has 3 aromatic rings. The van der Waals surface area contributed by atoms with Crippen LogP contribution >= 0.6 is 0 Å². The van der Waals surface area contributed by atoms with Gasteiger partial charge in [-0.3, -0.25) is 0 Å². The van der Waals surface area contributed by atoms with Crippen molar-refractivity contribution < 1.29 is 23.4 Å². The normalized spacial score (nSPS) is 15.0. The first-order valence-corrected chi connectivity index (χ1v) is 14.3. The number of aromatic carboxylic acids is 1. The van der Waals surface area contributed by atoms with Crippen molar-refractivity contribution in [1.29, 1.82) is 0 Å². The molecule has 0 heterocycles. The number of sulfonamides is 1. The molecule has 0 aliphatic heterocycles. The van der Waals surface area contributed by atoms with E-state index in [0.29, 0.717) is 17.0 Å². The van der Waals surface area contributed by atoms with Crippen molar-refractivity contribution in [2.24, 2.45) is 5.92 Å². The first kappa shape index (κ1) is 28.0. The number of hydrogen-bond acceptors (Lipinski definition) is 5. The van der Waals surface area contributed by atoms with Crippen LogP contribution in [-0.4, -0.2) is 60.7 Å². The molecule has 0 saturated heterocycles. The van der Waals surface area contributed by atoms with Crippen molar-refractivity contribution in [3.05, 3.63) is 89.5 Å². The molecule has 0 bridgehead atoms. The number of carboxylic acid groups (broad SMARTS) is 1. The van der Waals surface area contributed by atoms with Crippen molar-refractivity contribution in [2.75, 3.05) is 20.1 Å². The van der Waals surface area contributed by atoms with Gasteiger partial charge in [0.1, 0.15) is 0 Å². The Balaban J connectivity index is 1.31. The minimum atomic E-state index is -3.81. The molecule has 3 aromatic carbocycles. The Labute approximate surface area is 225 Å². The first-order valence-electron chi connectivity index (χ1n) is 12.8. The minimum Gasteiger partial charge on any atom is -0.478 e. The second-order valence-corrected chi connectivity index (χ2v) is 12.9. The molecule has 4 rings (SSSR count). The third-order valence-electron chi connectivity index (χ3n) is 7.22. The molecule has 0 radical (unpaired) electrons. The average Bonchev–Trinajstić information content (AvgIpc) is 3.29. The van der Waals surface area contributed by atoms with Crippen LogP contribution in [-0.2, 0) is 22.9 Å². The van der Waals surface area contributed by atoms with Gasteiger partial charge in [-0.1, -0.05) is 48.5 Å². The van der Waals surface area contributed by atoms with Crippen LogP contribution in [0.25, 0.3) is 11.1 Å². The van der Waals surface area contributed by atoms with Gasteiger partial charge in [-0.15, -0.1) is 0 Å². The molecule has 1 unspecified atom stereocenters. The molecule has 1 atom stereocenters. The summed E-state index contributed by atoms with van der Waals surface area (Å²) in [5.41, 5.74) is 4.21. The number of carbonyl (C=O) groups is 1. The number of rotatable bonds is 11. The Kier molecular flexibility index (Phi) is 8.37. The van der Waals surface area contributed by atoms with E-state index in [2.05, 4.69) is 43.4 Å². The Bertz CT molecular complexity index is 1360. The zero-order valence-corrected chi connectivity index (χ0v) is 22.9. The molecule has 0 fully saturated rings. The van der Waals surface area contributed by atoms with Gasteiger partial charge in [-0.2, -0.15) is 4.31 Å². The fraction of sp³-hybridized carbons (Fsp3) is 0.367. The van der Waals surface area contributed by atoms with E-state index in [1.54, 1.807) is 30.3 Å². The highest BCUT2D eigenvalue weighted by atomic mass is 32.2. The van der Waals surface area contributed by atoms with E-state index in [1.807, 2.05) is 0 Å².